The maximum Gasteiger partial charge on any atom is 0.417 e. The number of amides is 2. The number of alkyl halides is 6. The summed E-state index contributed by atoms with van der Waals surface area (Å²) in [6.07, 6.45) is -8.75. The molecule has 3 aromatic rings. The van der Waals surface area contributed by atoms with E-state index in [9.17, 15) is 35.9 Å². The van der Waals surface area contributed by atoms with Crippen molar-refractivity contribution in [1.82, 2.24) is 5.32 Å². The summed E-state index contributed by atoms with van der Waals surface area (Å²) in [7, 11) is 0. The van der Waals surface area contributed by atoms with Crippen LogP contribution in [0.4, 0.5) is 32.0 Å². The summed E-state index contributed by atoms with van der Waals surface area (Å²) in [5, 5.41) is 5.20. The van der Waals surface area contributed by atoms with E-state index in [2.05, 4.69) is 10.6 Å². The molecule has 42 heavy (non-hydrogen) atoms. The van der Waals surface area contributed by atoms with Crippen LogP contribution in [0.5, 0.6) is 0 Å². The number of hydrogen-bond acceptors (Lipinski definition) is 2. The highest BCUT2D eigenvalue weighted by atomic mass is 19.4. The summed E-state index contributed by atoms with van der Waals surface area (Å²) in [6.45, 7) is 10.9. The number of carbonyl (C=O) groups is 2. The Labute approximate surface area is 241 Å². The molecule has 0 aliphatic heterocycles. The van der Waals surface area contributed by atoms with Crippen molar-refractivity contribution in [2.24, 2.45) is 0 Å². The number of anilines is 1. The van der Waals surface area contributed by atoms with Gasteiger partial charge in [-0.25, -0.2) is 0 Å². The second kappa shape index (κ2) is 11.8. The van der Waals surface area contributed by atoms with Crippen LogP contribution in [0.15, 0.2) is 60.7 Å². The first-order valence-corrected chi connectivity index (χ1v) is 13.5. The first kappa shape index (κ1) is 32.7. The Morgan fingerprint density at radius 3 is 1.71 bits per heavy atom. The van der Waals surface area contributed by atoms with Crippen molar-refractivity contribution >= 4 is 17.5 Å². The quantitative estimate of drug-likeness (QED) is 0.256. The molecule has 0 fully saturated rings. The summed E-state index contributed by atoms with van der Waals surface area (Å²) < 4.78 is 84.9. The van der Waals surface area contributed by atoms with E-state index in [1.165, 1.54) is 30.3 Å². The lowest BCUT2D eigenvalue weighted by atomic mass is 9.80. The zero-order valence-electron chi connectivity index (χ0n) is 24.3. The number of hydrogen-bond donors (Lipinski definition) is 2. The fourth-order valence-electron chi connectivity index (χ4n) is 4.20. The molecular weight excluding hydrogens is 558 g/mol. The summed E-state index contributed by atoms with van der Waals surface area (Å²) in [4.78, 5) is 25.5. The molecule has 2 N–H and O–H groups in total. The molecule has 0 unspecified atom stereocenters. The standard InChI is InChI=1S/C32H34F6N2O2/c1-7-29(3,4)21-12-14-23(25(17-21)31(33,34)35)24-15-13-22(18-26(24)32(36,37)38)39-27(41)19-10-9-11-20(16-19)28(42)40-30(5,6)8-2/h9-18H,7-8H2,1-6H3,(H,39,41)(H,40,42). The molecule has 4 nitrogen and oxygen atoms in total. The van der Waals surface area contributed by atoms with E-state index >= 15 is 0 Å². The minimum atomic E-state index is -5.02. The van der Waals surface area contributed by atoms with Crippen LogP contribution in [0, 0.1) is 0 Å². The van der Waals surface area contributed by atoms with Gasteiger partial charge in [0.05, 0.1) is 11.1 Å². The van der Waals surface area contributed by atoms with Crippen molar-refractivity contribution < 1.29 is 35.9 Å². The Hall–Kier alpha value is -3.82. The van der Waals surface area contributed by atoms with Crippen molar-refractivity contribution in [3.63, 3.8) is 0 Å². The van der Waals surface area contributed by atoms with Gasteiger partial charge in [0.15, 0.2) is 0 Å². The summed E-state index contributed by atoms with van der Waals surface area (Å²) >= 11 is 0. The van der Waals surface area contributed by atoms with E-state index in [4.69, 9.17) is 0 Å². The third-order valence-corrected chi connectivity index (χ3v) is 7.59. The highest BCUT2D eigenvalue weighted by Crippen LogP contribution is 2.45. The van der Waals surface area contributed by atoms with Gasteiger partial charge in [-0.05, 0) is 85.2 Å². The Morgan fingerprint density at radius 2 is 1.19 bits per heavy atom. The zero-order valence-corrected chi connectivity index (χ0v) is 24.3. The molecule has 0 aliphatic rings. The van der Waals surface area contributed by atoms with E-state index in [0.717, 1.165) is 24.3 Å². The van der Waals surface area contributed by atoms with E-state index in [1.807, 2.05) is 27.7 Å². The highest BCUT2D eigenvalue weighted by Gasteiger charge is 2.39. The van der Waals surface area contributed by atoms with Crippen LogP contribution in [-0.4, -0.2) is 17.4 Å². The molecule has 0 saturated carbocycles. The van der Waals surface area contributed by atoms with Gasteiger partial charge >= 0.3 is 12.4 Å². The van der Waals surface area contributed by atoms with Crippen molar-refractivity contribution in [3.8, 4) is 11.1 Å². The molecular formula is C32H34F6N2O2. The maximum atomic E-state index is 14.2. The Bertz CT molecular complexity index is 1470. The SMILES string of the molecule is CCC(C)(C)NC(=O)c1cccc(C(=O)Nc2ccc(-c3ccc(C(C)(C)CC)cc3C(F)(F)F)c(C(F)(F)F)c2)c1. The van der Waals surface area contributed by atoms with Crippen LogP contribution in [0.1, 0.15) is 91.8 Å². The first-order valence-electron chi connectivity index (χ1n) is 13.5. The van der Waals surface area contributed by atoms with Gasteiger partial charge in [-0.15, -0.1) is 0 Å². The van der Waals surface area contributed by atoms with E-state index in [-0.39, 0.29) is 16.8 Å². The number of benzene rings is 3. The molecule has 10 heteroatoms. The van der Waals surface area contributed by atoms with Crippen molar-refractivity contribution in [3.05, 3.63) is 88.5 Å². The van der Waals surface area contributed by atoms with Gasteiger partial charge in [-0.1, -0.05) is 52.0 Å². The minimum absolute atomic E-state index is 0.0167. The number of nitrogens with one attached hydrogen (secondary N) is 2. The van der Waals surface area contributed by atoms with Gasteiger partial charge in [0.1, 0.15) is 0 Å². The highest BCUT2D eigenvalue weighted by molar-refractivity contribution is 6.06. The van der Waals surface area contributed by atoms with Gasteiger partial charge in [-0.2, -0.15) is 26.3 Å². The van der Waals surface area contributed by atoms with Crippen LogP contribution in [-0.2, 0) is 17.8 Å². The summed E-state index contributed by atoms with van der Waals surface area (Å²) in [5.74, 6) is -1.21. The Balaban J connectivity index is 2.01. The average molecular weight is 593 g/mol. The maximum absolute atomic E-state index is 14.2. The van der Waals surface area contributed by atoms with Gasteiger partial charge < -0.3 is 10.6 Å². The monoisotopic (exact) mass is 592 g/mol. The van der Waals surface area contributed by atoms with Crippen LogP contribution >= 0.6 is 0 Å². The van der Waals surface area contributed by atoms with E-state index in [0.29, 0.717) is 24.5 Å². The average Bonchev–Trinajstić information content (AvgIpc) is 2.91. The van der Waals surface area contributed by atoms with Crippen LogP contribution in [0.2, 0.25) is 0 Å². The summed E-state index contributed by atoms with van der Waals surface area (Å²) in [5.41, 5.74) is -4.61. The predicted molar refractivity (Wildman–Crippen MR) is 151 cm³/mol. The second-order valence-electron chi connectivity index (χ2n) is 11.5. The van der Waals surface area contributed by atoms with Crippen molar-refractivity contribution in [1.29, 1.82) is 0 Å². The molecule has 226 valence electrons. The predicted octanol–water partition coefficient (Wildman–Crippen LogP) is 9.25. The fourth-order valence-corrected chi connectivity index (χ4v) is 4.20. The molecule has 3 rings (SSSR count). The first-order chi connectivity index (χ1) is 19.3. The van der Waals surface area contributed by atoms with Gasteiger partial charge in [0.2, 0.25) is 0 Å². The van der Waals surface area contributed by atoms with Crippen molar-refractivity contribution in [2.45, 2.75) is 77.7 Å². The fraction of sp³-hybridized carbons (Fsp3) is 0.375. The zero-order chi connectivity index (χ0) is 31.7. The molecule has 0 bridgehead atoms. The molecule has 0 saturated heterocycles. The molecule has 0 spiro atoms. The normalized spacial score (nSPS) is 12.7. The molecule has 0 aromatic heterocycles. The topological polar surface area (TPSA) is 58.2 Å². The molecule has 0 radical (unpaired) electrons. The number of halogens is 6. The Kier molecular flexibility index (Phi) is 9.20. The smallest absolute Gasteiger partial charge is 0.347 e. The lowest BCUT2D eigenvalue weighted by Gasteiger charge is -2.26. The third-order valence-electron chi connectivity index (χ3n) is 7.59. The van der Waals surface area contributed by atoms with Crippen LogP contribution in [0.25, 0.3) is 11.1 Å². The van der Waals surface area contributed by atoms with E-state index < -0.39 is 57.4 Å². The number of rotatable bonds is 8. The molecule has 2 amide bonds. The van der Waals surface area contributed by atoms with Gasteiger partial charge in [-0.3, -0.25) is 9.59 Å². The summed E-state index contributed by atoms with van der Waals surface area (Å²) in [6, 6.07) is 11.7. The van der Waals surface area contributed by atoms with Crippen molar-refractivity contribution in [2.75, 3.05) is 5.32 Å². The lowest BCUT2D eigenvalue weighted by Crippen LogP contribution is -2.42. The largest absolute Gasteiger partial charge is 0.417 e. The van der Waals surface area contributed by atoms with Gasteiger partial charge in [0.25, 0.3) is 11.8 Å². The van der Waals surface area contributed by atoms with Crippen LogP contribution < -0.4 is 10.6 Å². The molecule has 0 atom stereocenters. The van der Waals surface area contributed by atoms with Gasteiger partial charge in [0, 0.05) is 22.4 Å². The minimum Gasteiger partial charge on any atom is -0.347 e. The molecule has 0 heterocycles. The Morgan fingerprint density at radius 1 is 0.667 bits per heavy atom. The third kappa shape index (κ3) is 7.52. The van der Waals surface area contributed by atoms with Crippen LogP contribution in [0.3, 0.4) is 0 Å². The molecule has 0 aliphatic carbocycles. The van der Waals surface area contributed by atoms with E-state index in [1.54, 1.807) is 13.8 Å². The second-order valence-corrected chi connectivity index (χ2v) is 11.5. The lowest BCUT2D eigenvalue weighted by molar-refractivity contribution is -0.139. The number of carbonyl (C=O) groups excluding carboxylic acids is 2. The molecule has 3 aromatic carbocycles.